The second kappa shape index (κ2) is 6.54. The highest BCUT2D eigenvalue weighted by atomic mass is 32.2. The van der Waals surface area contributed by atoms with E-state index in [1.165, 1.54) is 24.3 Å². The molecule has 24 heavy (non-hydrogen) atoms. The fourth-order valence-corrected chi connectivity index (χ4v) is 3.92. The van der Waals surface area contributed by atoms with Crippen LogP contribution >= 0.6 is 0 Å². The van der Waals surface area contributed by atoms with E-state index in [-0.39, 0.29) is 22.1 Å². The summed E-state index contributed by atoms with van der Waals surface area (Å²) in [6.45, 7) is 3.55. The summed E-state index contributed by atoms with van der Waals surface area (Å²) in [6.07, 6.45) is 1.06. The Morgan fingerprint density at radius 3 is 1.83 bits per heavy atom. The molecule has 0 atom stereocenters. The van der Waals surface area contributed by atoms with Gasteiger partial charge in [0.05, 0.1) is 9.79 Å². The van der Waals surface area contributed by atoms with Crippen molar-refractivity contribution in [1.82, 2.24) is 4.72 Å². The lowest BCUT2D eigenvalue weighted by Gasteiger charge is -2.10. The van der Waals surface area contributed by atoms with E-state index in [2.05, 4.69) is 4.72 Å². The van der Waals surface area contributed by atoms with Crippen LogP contribution in [0.25, 0.3) is 0 Å². The molecule has 0 aromatic heterocycles. The van der Waals surface area contributed by atoms with Crippen LogP contribution in [0.2, 0.25) is 0 Å². The van der Waals surface area contributed by atoms with Crippen LogP contribution in [-0.4, -0.2) is 28.2 Å². The predicted molar refractivity (Wildman–Crippen MR) is 91.2 cm³/mol. The standard InChI is InChI=1S/C16H19NO5S2/c1-11-8-13(9-12(2)16(11)18)10-17-24(21,22)15-6-4-14(5-7-15)23(3,19)20/h4-9,17-18H,10H2,1-3H3. The number of sulfone groups is 1. The third-order valence-corrected chi connectivity index (χ3v) is 6.12. The molecule has 0 bridgehead atoms. The molecule has 0 aliphatic heterocycles. The van der Waals surface area contributed by atoms with E-state index in [9.17, 15) is 21.9 Å². The first-order valence-electron chi connectivity index (χ1n) is 7.09. The number of phenols is 1. The Morgan fingerprint density at radius 2 is 1.38 bits per heavy atom. The zero-order valence-electron chi connectivity index (χ0n) is 13.6. The monoisotopic (exact) mass is 369 g/mol. The van der Waals surface area contributed by atoms with E-state index in [4.69, 9.17) is 0 Å². The lowest BCUT2D eigenvalue weighted by Crippen LogP contribution is -2.23. The first-order chi connectivity index (χ1) is 11.0. The van der Waals surface area contributed by atoms with Crippen molar-refractivity contribution in [3.63, 3.8) is 0 Å². The highest BCUT2D eigenvalue weighted by Crippen LogP contribution is 2.23. The molecule has 2 aromatic carbocycles. The van der Waals surface area contributed by atoms with Gasteiger partial charge in [0.25, 0.3) is 0 Å². The molecule has 0 unspecified atom stereocenters. The smallest absolute Gasteiger partial charge is 0.240 e. The van der Waals surface area contributed by atoms with Crippen molar-refractivity contribution in [2.24, 2.45) is 0 Å². The molecule has 0 saturated carbocycles. The molecule has 130 valence electrons. The van der Waals surface area contributed by atoms with Gasteiger partial charge in [-0.05, 0) is 54.8 Å². The van der Waals surface area contributed by atoms with Gasteiger partial charge in [0.15, 0.2) is 9.84 Å². The minimum absolute atomic E-state index is 0.0119. The van der Waals surface area contributed by atoms with Crippen molar-refractivity contribution in [3.05, 3.63) is 53.1 Å². The number of aromatic hydroxyl groups is 1. The number of phenolic OH excluding ortho intramolecular Hbond substituents is 1. The lowest BCUT2D eigenvalue weighted by molar-refractivity contribution is 0.466. The molecule has 6 nitrogen and oxygen atoms in total. The van der Waals surface area contributed by atoms with Gasteiger partial charge in [-0.15, -0.1) is 0 Å². The van der Waals surface area contributed by atoms with Crippen molar-refractivity contribution in [2.45, 2.75) is 30.2 Å². The van der Waals surface area contributed by atoms with E-state index in [1.807, 2.05) is 0 Å². The summed E-state index contributed by atoms with van der Waals surface area (Å²) in [6, 6.07) is 8.45. The number of rotatable bonds is 5. The largest absolute Gasteiger partial charge is 0.507 e. The Balaban J connectivity index is 2.20. The summed E-state index contributed by atoms with van der Waals surface area (Å²) < 4.78 is 49.9. The zero-order valence-corrected chi connectivity index (χ0v) is 15.2. The zero-order chi connectivity index (χ0) is 18.1. The highest BCUT2D eigenvalue weighted by Gasteiger charge is 2.16. The van der Waals surface area contributed by atoms with Crippen LogP contribution in [0.5, 0.6) is 5.75 Å². The van der Waals surface area contributed by atoms with E-state index < -0.39 is 19.9 Å². The van der Waals surface area contributed by atoms with Crippen LogP contribution in [0.3, 0.4) is 0 Å². The minimum atomic E-state index is -3.76. The van der Waals surface area contributed by atoms with Crippen LogP contribution in [0.4, 0.5) is 0 Å². The summed E-state index contributed by atoms with van der Waals surface area (Å²) >= 11 is 0. The van der Waals surface area contributed by atoms with Crippen molar-refractivity contribution < 1.29 is 21.9 Å². The molecular weight excluding hydrogens is 350 g/mol. The third kappa shape index (κ3) is 4.14. The van der Waals surface area contributed by atoms with Gasteiger partial charge in [0.1, 0.15) is 5.75 Å². The Labute approximate surface area is 142 Å². The molecule has 0 amide bonds. The number of hydrogen-bond acceptors (Lipinski definition) is 5. The first kappa shape index (κ1) is 18.4. The maximum absolute atomic E-state index is 12.3. The second-order valence-corrected chi connectivity index (χ2v) is 9.43. The van der Waals surface area contributed by atoms with Crippen molar-refractivity contribution in [3.8, 4) is 5.75 Å². The summed E-state index contributed by atoms with van der Waals surface area (Å²) in [5.74, 6) is 0.193. The number of benzene rings is 2. The molecule has 2 rings (SSSR count). The summed E-state index contributed by atoms with van der Waals surface area (Å²) in [5, 5.41) is 9.74. The van der Waals surface area contributed by atoms with Crippen LogP contribution in [0.1, 0.15) is 16.7 Å². The van der Waals surface area contributed by atoms with Crippen LogP contribution in [0, 0.1) is 13.8 Å². The van der Waals surface area contributed by atoms with Gasteiger partial charge in [-0.25, -0.2) is 21.6 Å². The summed E-state index contributed by atoms with van der Waals surface area (Å²) in [5.41, 5.74) is 2.06. The molecule has 0 fully saturated rings. The molecule has 0 spiro atoms. The fourth-order valence-electron chi connectivity index (χ4n) is 2.28. The molecule has 2 aromatic rings. The second-order valence-electron chi connectivity index (χ2n) is 5.65. The number of hydrogen-bond donors (Lipinski definition) is 2. The van der Waals surface area contributed by atoms with Crippen molar-refractivity contribution >= 4 is 19.9 Å². The quantitative estimate of drug-likeness (QED) is 0.838. The van der Waals surface area contributed by atoms with Gasteiger partial charge in [0, 0.05) is 12.8 Å². The van der Waals surface area contributed by atoms with E-state index in [0.29, 0.717) is 11.1 Å². The topological polar surface area (TPSA) is 101 Å². The fraction of sp³-hybridized carbons (Fsp3) is 0.250. The molecule has 0 aliphatic carbocycles. The minimum Gasteiger partial charge on any atom is -0.507 e. The molecule has 0 heterocycles. The molecular formula is C16H19NO5S2. The van der Waals surface area contributed by atoms with Gasteiger partial charge >= 0.3 is 0 Å². The van der Waals surface area contributed by atoms with Crippen LogP contribution in [-0.2, 0) is 26.4 Å². The Morgan fingerprint density at radius 1 is 0.917 bits per heavy atom. The van der Waals surface area contributed by atoms with E-state index in [0.717, 1.165) is 11.8 Å². The van der Waals surface area contributed by atoms with Crippen molar-refractivity contribution in [1.29, 1.82) is 0 Å². The molecule has 2 N–H and O–H groups in total. The summed E-state index contributed by atoms with van der Waals surface area (Å²) in [7, 11) is -7.14. The molecule has 0 saturated heterocycles. The van der Waals surface area contributed by atoms with Gasteiger partial charge in [-0.1, -0.05) is 12.1 Å². The average Bonchev–Trinajstić information content (AvgIpc) is 2.50. The van der Waals surface area contributed by atoms with Gasteiger partial charge < -0.3 is 5.11 Å². The van der Waals surface area contributed by atoms with Gasteiger partial charge in [0.2, 0.25) is 10.0 Å². The molecule has 8 heteroatoms. The highest BCUT2D eigenvalue weighted by molar-refractivity contribution is 7.90. The maximum Gasteiger partial charge on any atom is 0.240 e. The SMILES string of the molecule is Cc1cc(CNS(=O)(=O)c2ccc(S(C)(=O)=O)cc2)cc(C)c1O. The number of sulfonamides is 1. The average molecular weight is 369 g/mol. The first-order valence-corrected chi connectivity index (χ1v) is 10.5. The lowest BCUT2D eigenvalue weighted by atomic mass is 10.1. The van der Waals surface area contributed by atoms with Crippen LogP contribution in [0.15, 0.2) is 46.2 Å². The maximum atomic E-state index is 12.3. The summed E-state index contributed by atoms with van der Waals surface area (Å²) in [4.78, 5) is 0.0494. The molecule has 0 radical (unpaired) electrons. The van der Waals surface area contributed by atoms with Crippen molar-refractivity contribution in [2.75, 3.05) is 6.26 Å². The van der Waals surface area contributed by atoms with Crippen LogP contribution < -0.4 is 4.72 Å². The van der Waals surface area contributed by atoms with Gasteiger partial charge in [-0.3, -0.25) is 0 Å². The Kier molecular flexibility index (Phi) is 5.03. The normalized spacial score (nSPS) is 12.3. The van der Waals surface area contributed by atoms with E-state index in [1.54, 1.807) is 26.0 Å². The predicted octanol–water partition coefficient (Wildman–Crippen LogP) is 1.89. The third-order valence-electron chi connectivity index (χ3n) is 3.58. The molecule has 0 aliphatic rings. The van der Waals surface area contributed by atoms with E-state index >= 15 is 0 Å². The Bertz CT molecular complexity index is 939. The van der Waals surface area contributed by atoms with Gasteiger partial charge in [-0.2, -0.15) is 0 Å². The Hall–Kier alpha value is -1.90. The number of aryl methyl sites for hydroxylation is 2. The number of nitrogens with one attached hydrogen (secondary N) is 1.